The van der Waals surface area contributed by atoms with Crippen LogP contribution in [0.3, 0.4) is 0 Å². The number of carbonyl (C=O) groups excluding carboxylic acids is 2. The van der Waals surface area contributed by atoms with Gasteiger partial charge in [-0.2, -0.15) is 0 Å². The zero-order chi connectivity index (χ0) is 28.2. The van der Waals surface area contributed by atoms with E-state index >= 15 is 0 Å². The summed E-state index contributed by atoms with van der Waals surface area (Å²) in [5, 5.41) is 11.6. The third-order valence-corrected chi connectivity index (χ3v) is 6.60. The van der Waals surface area contributed by atoms with Crippen molar-refractivity contribution in [1.82, 2.24) is 30.2 Å². The molecule has 0 bridgehead atoms. The van der Waals surface area contributed by atoms with Gasteiger partial charge >= 0.3 is 0 Å². The van der Waals surface area contributed by atoms with Crippen molar-refractivity contribution in [3.05, 3.63) is 65.7 Å². The average molecular weight is 541 g/mol. The van der Waals surface area contributed by atoms with E-state index in [1.165, 1.54) is 0 Å². The Kier molecular flexibility index (Phi) is 12.4. The van der Waals surface area contributed by atoms with Crippen LogP contribution in [0.15, 0.2) is 55.1 Å². The fraction of sp³-hybridized carbons (Fsp3) is 0.483. The second-order valence-corrected chi connectivity index (χ2v) is 9.38. The van der Waals surface area contributed by atoms with Crippen molar-refractivity contribution in [2.24, 2.45) is 5.92 Å². The largest absolute Gasteiger partial charge is 0.348 e. The summed E-state index contributed by atoms with van der Waals surface area (Å²) >= 11 is 6.26. The molecule has 0 saturated carbocycles. The van der Waals surface area contributed by atoms with Crippen molar-refractivity contribution in [1.29, 1.82) is 0 Å². The van der Waals surface area contributed by atoms with Crippen LogP contribution in [-0.2, 0) is 9.59 Å². The Balaban J connectivity index is 0.00000121. The van der Waals surface area contributed by atoms with Crippen molar-refractivity contribution >= 4 is 23.4 Å². The minimum absolute atomic E-state index is 0.0184. The maximum absolute atomic E-state index is 13.4. The zero-order valence-corrected chi connectivity index (χ0v) is 24.3. The molecule has 1 aliphatic heterocycles. The highest BCUT2D eigenvalue weighted by Gasteiger charge is 2.39. The van der Waals surface area contributed by atoms with Gasteiger partial charge in [0.25, 0.3) is 0 Å². The number of likely N-dealkylation sites (tertiary alicyclic amines) is 1. The molecule has 0 spiro atoms. The van der Waals surface area contributed by atoms with Crippen LogP contribution in [-0.4, -0.2) is 49.3 Å². The number of amides is 2. The lowest BCUT2D eigenvalue weighted by Crippen LogP contribution is -2.49. The Morgan fingerprint density at radius 2 is 1.71 bits per heavy atom. The molecule has 1 aliphatic rings. The fourth-order valence-electron chi connectivity index (χ4n) is 4.50. The molecule has 9 heteroatoms. The number of pyridine rings is 1. The monoisotopic (exact) mass is 540 g/mol. The van der Waals surface area contributed by atoms with Gasteiger partial charge in [0.2, 0.25) is 11.8 Å². The highest BCUT2D eigenvalue weighted by Crippen LogP contribution is 2.29. The van der Waals surface area contributed by atoms with Crippen LogP contribution in [0.1, 0.15) is 79.0 Å². The first kappa shape index (κ1) is 31.0. The topological polar surface area (TPSA) is 93.0 Å². The van der Waals surface area contributed by atoms with Crippen LogP contribution >= 0.6 is 11.6 Å². The SMILES string of the molecule is CC.CC.CC(NC(=O)C1CCCN1C(=O)C(C(C)C)n1ccnn1)c1ccc(-c2ccncc2Cl)cc1. The number of aromatic nitrogens is 4. The van der Waals surface area contributed by atoms with Crippen LogP contribution < -0.4 is 5.32 Å². The number of hydrogen-bond donors (Lipinski definition) is 1. The van der Waals surface area contributed by atoms with Crippen LogP contribution in [0, 0.1) is 5.92 Å². The summed E-state index contributed by atoms with van der Waals surface area (Å²) in [5.41, 5.74) is 2.86. The van der Waals surface area contributed by atoms with Gasteiger partial charge in [-0.3, -0.25) is 14.6 Å². The van der Waals surface area contributed by atoms with Gasteiger partial charge in [-0.25, -0.2) is 4.68 Å². The molecular formula is C29H41ClN6O2. The summed E-state index contributed by atoms with van der Waals surface area (Å²) < 4.78 is 1.58. The number of halogens is 1. The number of rotatable bonds is 7. The first-order chi connectivity index (χ1) is 18.4. The van der Waals surface area contributed by atoms with E-state index in [2.05, 4.69) is 20.6 Å². The minimum Gasteiger partial charge on any atom is -0.348 e. The van der Waals surface area contributed by atoms with Crippen molar-refractivity contribution in [2.45, 2.75) is 79.4 Å². The second-order valence-electron chi connectivity index (χ2n) is 8.97. The molecule has 2 aromatic heterocycles. The summed E-state index contributed by atoms with van der Waals surface area (Å²) in [6, 6.07) is 8.62. The lowest BCUT2D eigenvalue weighted by molar-refractivity contribution is -0.142. The average Bonchev–Trinajstić information content (AvgIpc) is 3.64. The first-order valence-corrected chi connectivity index (χ1v) is 13.9. The molecule has 2 amide bonds. The smallest absolute Gasteiger partial charge is 0.248 e. The summed E-state index contributed by atoms with van der Waals surface area (Å²) in [5.74, 6) is -0.213. The van der Waals surface area contributed by atoms with Gasteiger partial charge in [0.1, 0.15) is 12.1 Å². The predicted molar refractivity (Wildman–Crippen MR) is 153 cm³/mol. The van der Waals surface area contributed by atoms with Crippen molar-refractivity contribution < 1.29 is 9.59 Å². The molecule has 1 aromatic carbocycles. The number of nitrogens with one attached hydrogen (secondary N) is 1. The van der Waals surface area contributed by atoms with Gasteiger partial charge in [-0.05, 0) is 42.9 Å². The Hall–Kier alpha value is -3.26. The third-order valence-electron chi connectivity index (χ3n) is 6.30. The van der Waals surface area contributed by atoms with E-state index in [4.69, 9.17) is 11.6 Å². The molecular weight excluding hydrogens is 500 g/mol. The van der Waals surface area contributed by atoms with Crippen molar-refractivity contribution in [2.75, 3.05) is 6.54 Å². The lowest BCUT2D eigenvalue weighted by Gasteiger charge is -2.30. The molecule has 1 N–H and O–H groups in total. The summed E-state index contributed by atoms with van der Waals surface area (Å²) in [6.45, 7) is 14.4. The number of carbonyl (C=O) groups is 2. The molecule has 3 aromatic rings. The van der Waals surface area contributed by atoms with E-state index in [9.17, 15) is 9.59 Å². The quantitative estimate of drug-likeness (QED) is 0.390. The van der Waals surface area contributed by atoms with E-state index in [0.29, 0.717) is 18.0 Å². The Morgan fingerprint density at radius 1 is 1.03 bits per heavy atom. The van der Waals surface area contributed by atoms with Gasteiger partial charge in [0.15, 0.2) is 0 Å². The van der Waals surface area contributed by atoms with E-state index in [1.807, 2.05) is 78.8 Å². The highest BCUT2D eigenvalue weighted by molar-refractivity contribution is 6.33. The van der Waals surface area contributed by atoms with E-state index in [-0.39, 0.29) is 23.8 Å². The summed E-state index contributed by atoms with van der Waals surface area (Å²) in [7, 11) is 0. The molecule has 4 rings (SSSR count). The molecule has 206 valence electrons. The molecule has 0 radical (unpaired) electrons. The fourth-order valence-corrected chi connectivity index (χ4v) is 4.72. The lowest BCUT2D eigenvalue weighted by atomic mass is 10.0. The van der Waals surface area contributed by atoms with Crippen LogP contribution in [0.5, 0.6) is 0 Å². The second kappa shape index (κ2) is 15.2. The summed E-state index contributed by atoms with van der Waals surface area (Å²) in [4.78, 5) is 32.3. The van der Waals surface area contributed by atoms with Crippen LogP contribution in [0.25, 0.3) is 11.1 Å². The molecule has 3 heterocycles. The van der Waals surface area contributed by atoms with Gasteiger partial charge < -0.3 is 10.2 Å². The third kappa shape index (κ3) is 7.40. The van der Waals surface area contributed by atoms with Crippen LogP contribution in [0.4, 0.5) is 0 Å². The maximum Gasteiger partial charge on any atom is 0.248 e. The van der Waals surface area contributed by atoms with Crippen LogP contribution in [0.2, 0.25) is 5.02 Å². The van der Waals surface area contributed by atoms with Crippen molar-refractivity contribution in [3.8, 4) is 11.1 Å². The predicted octanol–water partition coefficient (Wildman–Crippen LogP) is 6.11. The van der Waals surface area contributed by atoms with Gasteiger partial charge in [0, 0.05) is 30.7 Å². The molecule has 1 fully saturated rings. The van der Waals surface area contributed by atoms with Gasteiger partial charge in [-0.15, -0.1) is 5.10 Å². The van der Waals surface area contributed by atoms with E-state index in [1.54, 1.807) is 34.4 Å². The number of benzene rings is 1. The van der Waals surface area contributed by atoms with Gasteiger partial charge in [0.05, 0.1) is 17.3 Å². The van der Waals surface area contributed by atoms with E-state index in [0.717, 1.165) is 23.1 Å². The normalized spacial score (nSPS) is 16.0. The molecule has 1 saturated heterocycles. The Morgan fingerprint density at radius 3 is 2.29 bits per heavy atom. The molecule has 8 nitrogen and oxygen atoms in total. The molecule has 38 heavy (non-hydrogen) atoms. The Bertz CT molecular complexity index is 1130. The summed E-state index contributed by atoms with van der Waals surface area (Å²) in [6.07, 6.45) is 8.02. The zero-order valence-electron chi connectivity index (χ0n) is 23.6. The Labute approximate surface area is 231 Å². The number of hydrogen-bond acceptors (Lipinski definition) is 5. The molecule has 3 unspecified atom stereocenters. The van der Waals surface area contributed by atoms with Gasteiger partial charge in [-0.1, -0.05) is 82.6 Å². The maximum atomic E-state index is 13.4. The number of nitrogens with zero attached hydrogens (tertiary/aromatic N) is 5. The molecule has 3 atom stereocenters. The minimum atomic E-state index is -0.491. The molecule has 0 aliphatic carbocycles. The van der Waals surface area contributed by atoms with Crippen molar-refractivity contribution in [3.63, 3.8) is 0 Å². The standard InChI is InChI=1S/C25H29ClN6O2.2C2H6/c1-16(2)23(32-14-12-28-30-32)25(34)31-13-4-5-22(31)24(33)29-17(3)18-6-8-19(9-7-18)20-10-11-27-15-21(20)26;2*1-2/h6-12,14-17,22-23H,4-5,13H2,1-3H3,(H,29,33);2*1-2H3. The van der Waals surface area contributed by atoms with E-state index < -0.39 is 12.1 Å². The highest BCUT2D eigenvalue weighted by atomic mass is 35.5. The first-order valence-electron chi connectivity index (χ1n) is 13.5.